The summed E-state index contributed by atoms with van der Waals surface area (Å²) in [6.07, 6.45) is 6.72. The van der Waals surface area contributed by atoms with Gasteiger partial charge < -0.3 is 9.32 Å². The topological polar surface area (TPSA) is 68.3 Å². The molecule has 2 aliphatic rings. The maximum Gasteiger partial charge on any atom is 0.263 e. The molecule has 0 unspecified atom stereocenters. The molecule has 0 spiro atoms. The minimum atomic E-state index is -0.0253. The van der Waals surface area contributed by atoms with Crippen LogP contribution in [0.2, 0.25) is 0 Å². The molecule has 0 atom stereocenters. The molecule has 1 aliphatic carbocycles. The van der Waals surface area contributed by atoms with Gasteiger partial charge in [0.2, 0.25) is 5.91 Å². The van der Waals surface area contributed by atoms with Crippen LogP contribution in [0, 0.1) is 0 Å². The molecule has 1 aromatic carbocycles. The molecule has 0 saturated heterocycles. The van der Waals surface area contributed by atoms with E-state index in [1.807, 2.05) is 23.1 Å². The van der Waals surface area contributed by atoms with Crippen molar-refractivity contribution in [2.24, 2.45) is 0 Å². The van der Waals surface area contributed by atoms with Crippen LogP contribution < -0.4 is 5.56 Å². The molecule has 0 N–H and O–H groups in total. The largest absolute Gasteiger partial charge is 0.467 e. The number of benzene rings is 1. The Morgan fingerprint density at radius 1 is 1.09 bits per heavy atom. The van der Waals surface area contributed by atoms with Gasteiger partial charge in [0, 0.05) is 18.0 Å². The molecule has 34 heavy (non-hydrogen) atoms. The summed E-state index contributed by atoms with van der Waals surface area (Å²) < 4.78 is 7.23. The lowest BCUT2D eigenvalue weighted by atomic mass is 9.97. The summed E-state index contributed by atoms with van der Waals surface area (Å²) in [6.45, 7) is 1.67. The third-order valence-electron chi connectivity index (χ3n) is 6.74. The maximum atomic E-state index is 13.7. The van der Waals surface area contributed by atoms with Crippen LogP contribution in [-0.4, -0.2) is 32.7 Å². The van der Waals surface area contributed by atoms with Gasteiger partial charge in [0.05, 0.1) is 23.9 Å². The molecular formula is C26H25N3O3S2. The molecule has 6 rings (SSSR count). The van der Waals surface area contributed by atoms with E-state index in [0.717, 1.165) is 48.9 Å². The number of thioether (sulfide) groups is 1. The second kappa shape index (κ2) is 9.07. The maximum absolute atomic E-state index is 13.7. The smallest absolute Gasteiger partial charge is 0.263 e. The summed E-state index contributed by atoms with van der Waals surface area (Å²) in [5.41, 5.74) is 3.69. The highest BCUT2D eigenvalue weighted by Gasteiger charge is 2.25. The van der Waals surface area contributed by atoms with Crippen LogP contribution in [0.1, 0.15) is 40.2 Å². The Morgan fingerprint density at radius 3 is 2.79 bits per heavy atom. The number of rotatable bonds is 5. The van der Waals surface area contributed by atoms with Crippen LogP contribution in [0.25, 0.3) is 10.2 Å². The van der Waals surface area contributed by atoms with Crippen molar-refractivity contribution >= 4 is 39.2 Å². The number of hydrogen-bond donors (Lipinski definition) is 0. The molecule has 8 heteroatoms. The Hall–Kier alpha value is -2.84. The van der Waals surface area contributed by atoms with Crippen LogP contribution >= 0.6 is 23.1 Å². The molecule has 6 nitrogen and oxygen atoms in total. The van der Waals surface area contributed by atoms with E-state index in [0.29, 0.717) is 24.0 Å². The predicted octanol–water partition coefficient (Wildman–Crippen LogP) is 4.66. The Morgan fingerprint density at radius 2 is 1.94 bits per heavy atom. The van der Waals surface area contributed by atoms with Crippen LogP contribution in [0.3, 0.4) is 0 Å². The number of aryl methyl sites for hydroxylation is 2. The first kappa shape index (κ1) is 21.7. The third kappa shape index (κ3) is 3.99. The van der Waals surface area contributed by atoms with Crippen molar-refractivity contribution in [2.45, 2.75) is 50.4 Å². The number of carbonyl (C=O) groups is 1. The van der Waals surface area contributed by atoms with Crippen LogP contribution in [0.5, 0.6) is 0 Å². The normalized spacial score (nSPS) is 15.4. The minimum absolute atomic E-state index is 0.0253. The lowest BCUT2D eigenvalue weighted by molar-refractivity contribution is -0.129. The number of thiophene rings is 1. The van der Waals surface area contributed by atoms with Gasteiger partial charge in [-0.1, -0.05) is 36.0 Å². The van der Waals surface area contributed by atoms with Gasteiger partial charge in [-0.2, -0.15) is 0 Å². The van der Waals surface area contributed by atoms with E-state index in [1.54, 1.807) is 22.2 Å². The highest BCUT2D eigenvalue weighted by molar-refractivity contribution is 7.99. The van der Waals surface area contributed by atoms with E-state index in [4.69, 9.17) is 9.40 Å². The molecule has 1 amide bonds. The zero-order valence-corrected chi connectivity index (χ0v) is 20.4. The van der Waals surface area contributed by atoms with Gasteiger partial charge in [0.25, 0.3) is 5.56 Å². The van der Waals surface area contributed by atoms with E-state index in [2.05, 4.69) is 18.2 Å². The van der Waals surface area contributed by atoms with Gasteiger partial charge in [-0.3, -0.25) is 14.2 Å². The van der Waals surface area contributed by atoms with Crippen LogP contribution in [0.15, 0.2) is 57.0 Å². The van der Waals surface area contributed by atoms with Crippen molar-refractivity contribution in [1.29, 1.82) is 0 Å². The molecule has 3 aromatic heterocycles. The van der Waals surface area contributed by atoms with Crippen molar-refractivity contribution in [3.05, 3.63) is 80.3 Å². The van der Waals surface area contributed by atoms with Crippen molar-refractivity contribution in [1.82, 2.24) is 14.5 Å². The fourth-order valence-electron chi connectivity index (χ4n) is 4.95. The number of fused-ring (bicyclic) bond motifs is 4. The van der Waals surface area contributed by atoms with E-state index < -0.39 is 0 Å². The highest BCUT2D eigenvalue weighted by atomic mass is 32.2. The fraction of sp³-hybridized carbons (Fsp3) is 0.346. The summed E-state index contributed by atoms with van der Waals surface area (Å²) in [7, 11) is 0. The zero-order valence-electron chi connectivity index (χ0n) is 18.8. The van der Waals surface area contributed by atoms with Crippen LogP contribution in [0.4, 0.5) is 0 Å². The molecule has 4 aromatic rings. The van der Waals surface area contributed by atoms with Gasteiger partial charge >= 0.3 is 0 Å². The number of amides is 1. The summed E-state index contributed by atoms with van der Waals surface area (Å²) >= 11 is 3.00. The average Bonchev–Trinajstić information content (AvgIpc) is 3.51. The first-order chi connectivity index (χ1) is 16.7. The SMILES string of the molecule is O=C(CSc1nc2sc3c(c2c(=O)n1Cc1ccco1)CCCC3)N1CCc2ccccc2C1. The van der Waals surface area contributed by atoms with E-state index in [1.165, 1.54) is 33.3 Å². The summed E-state index contributed by atoms with van der Waals surface area (Å²) in [5, 5.41) is 1.34. The van der Waals surface area contributed by atoms with Crippen molar-refractivity contribution in [3.8, 4) is 0 Å². The molecule has 0 radical (unpaired) electrons. The number of hydrogen-bond acceptors (Lipinski definition) is 6. The fourth-order valence-corrected chi connectivity index (χ4v) is 7.16. The molecular weight excluding hydrogens is 466 g/mol. The lowest BCUT2D eigenvalue weighted by Crippen LogP contribution is -2.37. The number of carbonyl (C=O) groups excluding carboxylic acids is 1. The van der Waals surface area contributed by atoms with Gasteiger partial charge in [0.15, 0.2) is 5.16 Å². The quantitative estimate of drug-likeness (QED) is 0.300. The Kier molecular flexibility index (Phi) is 5.79. The highest BCUT2D eigenvalue weighted by Crippen LogP contribution is 2.35. The van der Waals surface area contributed by atoms with Crippen molar-refractivity contribution in [3.63, 3.8) is 0 Å². The second-order valence-electron chi connectivity index (χ2n) is 8.88. The van der Waals surface area contributed by atoms with Crippen molar-refractivity contribution < 1.29 is 9.21 Å². The molecule has 0 bridgehead atoms. The standard InChI is InChI=1S/C26H25N3O3S2/c30-22(28-12-11-17-6-1-2-7-18(17)14-28)16-33-26-27-24-23(20-9-3-4-10-21(20)34-24)25(31)29(26)15-19-8-5-13-32-19/h1-2,5-8,13H,3-4,9-12,14-16H2. The van der Waals surface area contributed by atoms with Gasteiger partial charge in [0.1, 0.15) is 10.6 Å². The molecule has 0 saturated carbocycles. The molecule has 174 valence electrons. The van der Waals surface area contributed by atoms with E-state index >= 15 is 0 Å². The van der Waals surface area contributed by atoms with Crippen molar-refractivity contribution in [2.75, 3.05) is 12.3 Å². The average molecular weight is 492 g/mol. The van der Waals surface area contributed by atoms with E-state index in [-0.39, 0.29) is 17.2 Å². The van der Waals surface area contributed by atoms with Gasteiger partial charge in [-0.15, -0.1) is 11.3 Å². The summed E-state index contributed by atoms with van der Waals surface area (Å²) in [6, 6.07) is 12.0. The molecule has 1 aliphatic heterocycles. The zero-order chi connectivity index (χ0) is 23.1. The lowest BCUT2D eigenvalue weighted by Gasteiger charge is -2.28. The molecule has 4 heterocycles. The Bertz CT molecular complexity index is 1420. The Balaban J connectivity index is 1.30. The molecule has 0 fully saturated rings. The monoisotopic (exact) mass is 491 g/mol. The first-order valence-corrected chi connectivity index (χ1v) is 13.5. The minimum Gasteiger partial charge on any atom is -0.467 e. The Labute approximate surface area is 205 Å². The second-order valence-corrected chi connectivity index (χ2v) is 10.9. The number of nitrogens with zero attached hydrogens (tertiary/aromatic N) is 3. The number of aromatic nitrogens is 2. The van der Waals surface area contributed by atoms with Crippen LogP contribution in [-0.2, 0) is 37.1 Å². The summed E-state index contributed by atoms with van der Waals surface area (Å²) in [5.74, 6) is 1.03. The number of furan rings is 1. The predicted molar refractivity (Wildman–Crippen MR) is 135 cm³/mol. The third-order valence-corrected chi connectivity index (χ3v) is 8.89. The van der Waals surface area contributed by atoms with Gasteiger partial charge in [-0.25, -0.2) is 4.98 Å². The van der Waals surface area contributed by atoms with Gasteiger partial charge in [-0.05, 0) is 60.9 Å². The first-order valence-electron chi connectivity index (χ1n) is 11.7. The van der Waals surface area contributed by atoms with E-state index in [9.17, 15) is 9.59 Å². The summed E-state index contributed by atoms with van der Waals surface area (Å²) in [4.78, 5) is 35.7.